The van der Waals surface area contributed by atoms with E-state index in [9.17, 15) is 8.42 Å². The van der Waals surface area contributed by atoms with Crippen molar-refractivity contribution in [3.8, 4) is 17.6 Å². The molecule has 0 aromatic heterocycles. The Morgan fingerprint density at radius 1 is 0.906 bits per heavy atom. The van der Waals surface area contributed by atoms with Crippen molar-refractivity contribution in [3.05, 3.63) is 89.5 Å². The largest absolute Gasteiger partial charge is 0.490 e. The number of nitriles is 1. The maximum absolute atomic E-state index is 12.4. The van der Waals surface area contributed by atoms with Crippen LogP contribution in [0.2, 0.25) is 0 Å². The molecule has 164 valence electrons. The minimum atomic E-state index is -3.72. The van der Waals surface area contributed by atoms with Gasteiger partial charge in [-0.15, -0.1) is 0 Å². The lowest BCUT2D eigenvalue weighted by atomic mass is 10.1. The van der Waals surface area contributed by atoms with Gasteiger partial charge >= 0.3 is 0 Å². The molecule has 0 aliphatic heterocycles. The van der Waals surface area contributed by atoms with Crippen LogP contribution in [-0.4, -0.2) is 27.3 Å². The van der Waals surface area contributed by atoms with Crippen LogP contribution >= 0.6 is 0 Å². The highest BCUT2D eigenvalue weighted by atomic mass is 32.2. The highest BCUT2D eigenvalue weighted by Gasteiger charge is 2.12. The van der Waals surface area contributed by atoms with E-state index in [0.717, 1.165) is 11.1 Å². The lowest BCUT2D eigenvalue weighted by Crippen LogP contribution is -2.20. The third kappa shape index (κ3) is 6.33. The molecule has 0 heterocycles. The molecule has 0 aliphatic carbocycles. The summed E-state index contributed by atoms with van der Waals surface area (Å²) in [7, 11) is -3.72. The number of nitrogens with zero attached hydrogens (tertiary/aromatic N) is 2. The average Bonchev–Trinajstić information content (AvgIpc) is 2.81. The Labute approximate surface area is 188 Å². The van der Waals surface area contributed by atoms with Crippen molar-refractivity contribution in [2.24, 2.45) is 5.10 Å². The predicted molar refractivity (Wildman–Crippen MR) is 122 cm³/mol. The molecule has 0 fully saturated rings. The van der Waals surface area contributed by atoms with E-state index >= 15 is 0 Å². The first-order valence-corrected chi connectivity index (χ1v) is 11.3. The lowest BCUT2D eigenvalue weighted by molar-refractivity contribution is 0.217. The van der Waals surface area contributed by atoms with Crippen LogP contribution in [0.4, 0.5) is 0 Å². The Kier molecular flexibility index (Phi) is 7.47. The fourth-order valence-electron chi connectivity index (χ4n) is 2.70. The van der Waals surface area contributed by atoms with Gasteiger partial charge in [-0.2, -0.15) is 23.6 Å². The minimum Gasteiger partial charge on any atom is -0.490 e. The van der Waals surface area contributed by atoms with Gasteiger partial charge in [-0.25, -0.2) is 0 Å². The maximum atomic E-state index is 12.4. The number of hydrogen-bond donors (Lipinski definition) is 1. The van der Waals surface area contributed by atoms with Gasteiger partial charge in [0.1, 0.15) is 24.7 Å². The topological polar surface area (TPSA) is 101 Å². The van der Waals surface area contributed by atoms with Gasteiger partial charge in [0, 0.05) is 0 Å². The third-order valence-electron chi connectivity index (χ3n) is 4.54. The molecule has 3 aromatic rings. The third-order valence-corrected chi connectivity index (χ3v) is 5.77. The molecule has 0 amide bonds. The van der Waals surface area contributed by atoms with Gasteiger partial charge in [0.2, 0.25) is 0 Å². The summed E-state index contributed by atoms with van der Waals surface area (Å²) in [6.07, 6.45) is 0. The Balaban J connectivity index is 1.50. The summed E-state index contributed by atoms with van der Waals surface area (Å²) >= 11 is 0. The van der Waals surface area contributed by atoms with Gasteiger partial charge in [-0.05, 0) is 80.1 Å². The zero-order valence-electron chi connectivity index (χ0n) is 17.8. The van der Waals surface area contributed by atoms with Crippen LogP contribution in [0.5, 0.6) is 11.5 Å². The second kappa shape index (κ2) is 10.5. The first-order valence-electron chi connectivity index (χ1n) is 9.86. The fraction of sp³-hybridized carbons (Fsp3) is 0.167. The van der Waals surface area contributed by atoms with Crippen LogP contribution in [0.25, 0.3) is 0 Å². The molecular weight excluding hydrogens is 426 g/mol. The van der Waals surface area contributed by atoms with E-state index in [2.05, 4.69) is 16.0 Å². The molecule has 0 radical (unpaired) electrons. The number of ether oxygens (including phenoxy) is 2. The monoisotopic (exact) mass is 449 g/mol. The summed E-state index contributed by atoms with van der Waals surface area (Å²) in [5.74, 6) is 1.33. The molecular formula is C24H23N3O4S. The molecule has 0 atom stereocenters. The molecule has 0 aliphatic rings. The zero-order chi connectivity index (χ0) is 23.0. The standard InChI is InChI=1S/C24H23N3O4S/c1-18-3-13-24(14-4-18)32(28,29)27-26-19(2)21-7-11-23(12-8-21)31-16-15-30-22-9-5-20(17-25)6-10-22/h3-14,27H,15-16H2,1-2H3. The van der Waals surface area contributed by atoms with Crippen molar-refractivity contribution in [1.82, 2.24) is 4.83 Å². The number of aryl methyl sites for hydroxylation is 1. The highest BCUT2D eigenvalue weighted by Crippen LogP contribution is 2.15. The van der Waals surface area contributed by atoms with Crippen molar-refractivity contribution < 1.29 is 17.9 Å². The van der Waals surface area contributed by atoms with Crippen LogP contribution in [-0.2, 0) is 10.0 Å². The molecule has 1 N–H and O–H groups in total. The van der Waals surface area contributed by atoms with Crippen molar-refractivity contribution in [3.63, 3.8) is 0 Å². The average molecular weight is 450 g/mol. The summed E-state index contributed by atoms with van der Waals surface area (Å²) < 4.78 is 35.9. The summed E-state index contributed by atoms with van der Waals surface area (Å²) in [6.45, 7) is 4.32. The van der Waals surface area contributed by atoms with Gasteiger partial charge in [-0.1, -0.05) is 17.7 Å². The predicted octanol–water partition coefficient (Wildman–Crippen LogP) is 4.03. The van der Waals surface area contributed by atoms with Crippen LogP contribution in [0.1, 0.15) is 23.6 Å². The Morgan fingerprint density at radius 3 is 1.97 bits per heavy atom. The minimum absolute atomic E-state index is 0.159. The molecule has 0 saturated carbocycles. The van der Waals surface area contributed by atoms with Crippen LogP contribution in [0.3, 0.4) is 0 Å². The van der Waals surface area contributed by atoms with Crippen molar-refractivity contribution in [1.29, 1.82) is 5.26 Å². The normalized spacial score (nSPS) is 11.5. The Hall–Kier alpha value is -3.83. The number of hydrazone groups is 1. The van der Waals surface area contributed by atoms with E-state index in [0.29, 0.717) is 36.0 Å². The molecule has 0 saturated heterocycles. The number of benzene rings is 3. The smallest absolute Gasteiger partial charge is 0.276 e. The Morgan fingerprint density at radius 2 is 1.44 bits per heavy atom. The van der Waals surface area contributed by atoms with Crippen molar-refractivity contribution in [2.75, 3.05) is 13.2 Å². The first kappa shape index (κ1) is 22.8. The lowest BCUT2D eigenvalue weighted by Gasteiger charge is -2.09. The molecule has 0 unspecified atom stereocenters. The van der Waals surface area contributed by atoms with Crippen LogP contribution in [0, 0.1) is 18.3 Å². The van der Waals surface area contributed by atoms with Gasteiger partial charge in [0.05, 0.1) is 22.2 Å². The number of hydrogen-bond acceptors (Lipinski definition) is 6. The molecule has 7 nitrogen and oxygen atoms in total. The van der Waals surface area contributed by atoms with E-state index in [1.165, 1.54) is 0 Å². The molecule has 0 bridgehead atoms. The number of rotatable bonds is 9. The highest BCUT2D eigenvalue weighted by molar-refractivity contribution is 7.89. The van der Waals surface area contributed by atoms with Crippen molar-refractivity contribution >= 4 is 15.7 Å². The van der Waals surface area contributed by atoms with Crippen molar-refractivity contribution in [2.45, 2.75) is 18.7 Å². The second-order valence-electron chi connectivity index (χ2n) is 6.96. The van der Waals surface area contributed by atoms with E-state index in [-0.39, 0.29) is 4.90 Å². The van der Waals surface area contributed by atoms with Gasteiger partial charge in [0.25, 0.3) is 10.0 Å². The molecule has 8 heteroatoms. The van der Waals surface area contributed by atoms with Crippen LogP contribution in [0.15, 0.2) is 82.8 Å². The second-order valence-corrected chi connectivity index (χ2v) is 8.62. The molecule has 3 aromatic carbocycles. The van der Waals surface area contributed by atoms with Gasteiger partial charge < -0.3 is 9.47 Å². The van der Waals surface area contributed by atoms with E-state index in [4.69, 9.17) is 14.7 Å². The molecule has 32 heavy (non-hydrogen) atoms. The zero-order valence-corrected chi connectivity index (χ0v) is 18.6. The maximum Gasteiger partial charge on any atom is 0.276 e. The number of sulfonamides is 1. The quantitative estimate of drug-likeness (QED) is 0.302. The van der Waals surface area contributed by atoms with E-state index in [1.54, 1.807) is 79.7 Å². The van der Waals surface area contributed by atoms with Crippen LogP contribution < -0.4 is 14.3 Å². The molecule has 3 rings (SSSR count). The number of nitrogens with one attached hydrogen (secondary N) is 1. The summed E-state index contributed by atoms with van der Waals surface area (Å²) in [5, 5.41) is 12.8. The van der Waals surface area contributed by atoms with Gasteiger partial charge in [0.15, 0.2) is 0 Å². The SMILES string of the molecule is CC(=NNS(=O)(=O)c1ccc(C)cc1)c1ccc(OCCOc2ccc(C#N)cc2)cc1. The van der Waals surface area contributed by atoms with E-state index < -0.39 is 10.0 Å². The Bertz CT molecular complexity index is 1210. The molecule has 0 spiro atoms. The fourth-order valence-corrected chi connectivity index (χ4v) is 3.56. The summed E-state index contributed by atoms with van der Waals surface area (Å²) in [6, 6.07) is 22.6. The summed E-state index contributed by atoms with van der Waals surface area (Å²) in [4.78, 5) is 2.43. The van der Waals surface area contributed by atoms with Gasteiger partial charge in [-0.3, -0.25) is 0 Å². The first-order chi connectivity index (χ1) is 15.4. The summed E-state index contributed by atoms with van der Waals surface area (Å²) in [5.41, 5.74) is 2.84. The van der Waals surface area contributed by atoms with E-state index in [1.807, 2.05) is 6.92 Å².